The smallest absolute Gasteiger partial charge is 0.265 e. The van der Waals surface area contributed by atoms with Gasteiger partial charge in [-0.05, 0) is 12.5 Å². The van der Waals surface area contributed by atoms with Crippen molar-refractivity contribution in [1.29, 1.82) is 0 Å². The van der Waals surface area contributed by atoms with Gasteiger partial charge in [-0.25, -0.2) is 17.2 Å². The molecular weight excluding hydrogens is 310 g/mol. The summed E-state index contributed by atoms with van der Waals surface area (Å²) in [5, 5.41) is 0. The average Bonchev–Trinajstić information content (AvgIpc) is 2.34. The Hall–Kier alpha value is -0.880. The molecule has 0 radical (unpaired) electrons. The van der Waals surface area contributed by atoms with Crippen molar-refractivity contribution in [2.24, 2.45) is 0 Å². The Morgan fingerprint density at radius 2 is 1.80 bits per heavy atom. The van der Waals surface area contributed by atoms with E-state index in [0.29, 0.717) is 18.6 Å². The van der Waals surface area contributed by atoms with Crippen LogP contribution in [0.3, 0.4) is 0 Å². The molecule has 0 bridgehead atoms. The molecule has 0 amide bonds. The van der Waals surface area contributed by atoms with Crippen LogP contribution in [-0.4, -0.2) is 15.0 Å². The fourth-order valence-corrected chi connectivity index (χ4v) is 2.71. The molecule has 0 atom stereocenters. The summed E-state index contributed by atoms with van der Waals surface area (Å²) in [5.74, 6) is -2.60. The van der Waals surface area contributed by atoms with E-state index in [4.69, 9.17) is 15.4 Å². The standard InChI is InChI=1S/C13H17ClF2O3S/c1-2-3-4-5-6-7-19-13-11(16)8-10(15)9-12(13)20(14,17)18/h8-9H,2-7H2,1H3. The third kappa shape index (κ3) is 5.25. The SMILES string of the molecule is CCCCCCCOc1c(F)cc(F)cc1S(=O)(=O)Cl. The first-order chi connectivity index (χ1) is 9.36. The minimum atomic E-state index is -4.26. The zero-order valence-corrected chi connectivity index (χ0v) is 12.7. The van der Waals surface area contributed by atoms with Gasteiger partial charge in [0.1, 0.15) is 10.7 Å². The van der Waals surface area contributed by atoms with Crippen LogP contribution in [-0.2, 0) is 9.05 Å². The lowest BCUT2D eigenvalue weighted by Gasteiger charge is -2.10. The summed E-state index contributed by atoms with van der Waals surface area (Å²) in [5.41, 5.74) is 0. The molecule has 0 unspecified atom stereocenters. The van der Waals surface area contributed by atoms with Crippen LogP contribution in [0.15, 0.2) is 17.0 Å². The lowest BCUT2D eigenvalue weighted by molar-refractivity contribution is 0.281. The van der Waals surface area contributed by atoms with Crippen molar-refractivity contribution < 1.29 is 21.9 Å². The average molecular weight is 327 g/mol. The van der Waals surface area contributed by atoms with Crippen LogP contribution in [0, 0.1) is 11.6 Å². The predicted molar refractivity (Wildman–Crippen MR) is 73.7 cm³/mol. The number of hydrogen-bond donors (Lipinski definition) is 0. The molecule has 3 nitrogen and oxygen atoms in total. The lowest BCUT2D eigenvalue weighted by atomic mass is 10.2. The molecule has 7 heteroatoms. The maximum absolute atomic E-state index is 13.6. The van der Waals surface area contributed by atoms with Crippen LogP contribution in [0.25, 0.3) is 0 Å². The Balaban J connectivity index is 2.74. The summed E-state index contributed by atoms with van der Waals surface area (Å²) < 4.78 is 54.3. The first kappa shape index (κ1) is 17.2. The Kier molecular flexibility index (Phi) is 6.68. The summed E-state index contributed by atoms with van der Waals surface area (Å²) in [6.45, 7) is 2.24. The van der Waals surface area contributed by atoms with Gasteiger partial charge < -0.3 is 4.74 Å². The van der Waals surface area contributed by atoms with Gasteiger partial charge in [-0.2, -0.15) is 0 Å². The van der Waals surface area contributed by atoms with E-state index in [-0.39, 0.29) is 6.61 Å². The van der Waals surface area contributed by atoms with Gasteiger partial charge in [0.05, 0.1) is 6.61 Å². The topological polar surface area (TPSA) is 43.4 Å². The molecule has 0 heterocycles. The van der Waals surface area contributed by atoms with E-state index in [1.807, 2.05) is 0 Å². The van der Waals surface area contributed by atoms with E-state index in [9.17, 15) is 17.2 Å². The largest absolute Gasteiger partial charge is 0.489 e. The van der Waals surface area contributed by atoms with E-state index >= 15 is 0 Å². The summed E-state index contributed by atoms with van der Waals surface area (Å²) >= 11 is 0. The van der Waals surface area contributed by atoms with Gasteiger partial charge >= 0.3 is 0 Å². The van der Waals surface area contributed by atoms with Crippen LogP contribution in [0.5, 0.6) is 5.75 Å². The quantitative estimate of drug-likeness (QED) is 0.530. The van der Waals surface area contributed by atoms with Gasteiger partial charge in [0.25, 0.3) is 9.05 Å². The second-order valence-corrected chi connectivity index (χ2v) is 6.95. The minimum absolute atomic E-state index is 0.158. The van der Waals surface area contributed by atoms with E-state index in [1.165, 1.54) is 0 Å². The van der Waals surface area contributed by atoms with E-state index in [1.54, 1.807) is 0 Å². The molecule has 0 aliphatic rings. The van der Waals surface area contributed by atoms with Gasteiger partial charge in [0.15, 0.2) is 11.6 Å². The van der Waals surface area contributed by atoms with Crippen molar-refractivity contribution in [3.8, 4) is 5.75 Å². The molecule has 1 aromatic rings. The van der Waals surface area contributed by atoms with E-state index in [0.717, 1.165) is 25.7 Å². The van der Waals surface area contributed by atoms with Crippen molar-refractivity contribution in [3.63, 3.8) is 0 Å². The zero-order chi connectivity index (χ0) is 15.2. The fourth-order valence-electron chi connectivity index (χ4n) is 1.74. The molecule has 0 aromatic heterocycles. The third-order valence-corrected chi connectivity index (χ3v) is 4.06. The van der Waals surface area contributed by atoms with Crippen LogP contribution < -0.4 is 4.74 Å². The molecule has 114 valence electrons. The zero-order valence-electron chi connectivity index (χ0n) is 11.2. The molecule has 0 saturated heterocycles. The normalized spacial score (nSPS) is 11.6. The molecule has 0 aliphatic heterocycles. The van der Waals surface area contributed by atoms with Crippen LogP contribution in [0.4, 0.5) is 8.78 Å². The minimum Gasteiger partial charge on any atom is -0.489 e. The van der Waals surface area contributed by atoms with Crippen LogP contribution in [0.1, 0.15) is 39.0 Å². The lowest BCUT2D eigenvalue weighted by Crippen LogP contribution is -2.05. The Labute approximate surface area is 122 Å². The highest BCUT2D eigenvalue weighted by molar-refractivity contribution is 8.13. The number of rotatable bonds is 8. The van der Waals surface area contributed by atoms with Gasteiger partial charge in [-0.1, -0.05) is 32.6 Å². The summed E-state index contributed by atoms with van der Waals surface area (Å²) in [6, 6.07) is 1.22. The van der Waals surface area contributed by atoms with Gasteiger partial charge in [-0.3, -0.25) is 0 Å². The Morgan fingerprint density at radius 1 is 1.15 bits per heavy atom. The number of hydrogen-bond acceptors (Lipinski definition) is 3. The number of benzene rings is 1. The van der Waals surface area contributed by atoms with Gasteiger partial charge in [0.2, 0.25) is 0 Å². The van der Waals surface area contributed by atoms with Crippen LogP contribution in [0.2, 0.25) is 0 Å². The van der Waals surface area contributed by atoms with Crippen molar-refractivity contribution in [1.82, 2.24) is 0 Å². The van der Waals surface area contributed by atoms with Crippen LogP contribution >= 0.6 is 10.7 Å². The maximum atomic E-state index is 13.6. The molecule has 1 rings (SSSR count). The summed E-state index contributed by atoms with van der Waals surface area (Å²) in [6.07, 6.45) is 4.80. The van der Waals surface area contributed by atoms with Crippen molar-refractivity contribution in [2.45, 2.75) is 43.9 Å². The highest BCUT2D eigenvalue weighted by Crippen LogP contribution is 2.31. The fraction of sp³-hybridized carbons (Fsp3) is 0.538. The maximum Gasteiger partial charge on any atom is 0.265 e. The molecule has 0 N–H and O–H groups in total. The van der Waals surface area contributed by atoms with Gasteiger partial charge in [0, 0.05) is 16.7 Å². The molecule has 1 aromatic carbocycles. The molecule has 20 heavy (non-hydrogen) atoms. The first-order valence-electron chi connectivity index (χ1n) is 6.42. The first-order valence-corrected chi connectivity index (χ1v) is 8.73. The number of ether oxygens (including phenoxy) is 1. The molecule has 0 saturated carbocycles. The Bertz CT molecular complexity index is 547. The molecule has 0 spiro atoms. The number of halogens is 3. The predicted octanol–water partition coefficient (Wildman–Crippen LogP) is 4.24. The highest BCUT2D eigenvalue weighted by atomic mass is 35.7. The van der Waals surface area contributed by atoms with Crippen molar-refractivity contribution in [2.75, 3.05) is 6.61 Å². The van der Waals surface area contributed by atoms with E-state index in [2.05, 4.69) is 6.92 Å². The van der Waals surface area contributed by atoms with Gasteiger partial charge in [-0.15, -0.1) is 0 Å². The highest BCUT2D eigenvalue weighted by Gasteiger charge is 2.22. The second kappa shape index (κ2) is 7.78. The Morgan fingerprint density at radius 3 is 2.40 bits per heavy atom. The third-order valence-electron chi connectivity index (χ3n) is 2.73. The molecular formula is C13H17ClF2O3S. The number of unbranched alkanes of at least 4 members (excludes halogenated alkanes) is 4. The second-order valence-electron chi connectivity index (χ2n) is 4.42. The molecule has 0 fully saturated rings. The monoisotopic (exact) mass is 326 g/mol. The molecule has 0 aliphatic carbocycles. The summed E-state index contributed by atoms with van der Waals surface area (Å²) in [7, 11) is 0.885. The van der Waals surface area contributed by atoms with Crippen molar-refractivity contribution >= 4 is 19.7 Å². The van der Waals surface area contributed by atoms with E-state index < -0.39 is 31.3 Å². The van der Waals surface area contributed by atoms with Crippen molar-refractivity contribution in [3.05, 3.63) is 23.8 Å². The summed E-state index contributed by atoms with van der Waals surface area (Å²) in [4.78, 5) is -0.676.